The van der Waals surface area contributed by atoms with Crippen molar-refractivity contribution < 1.29 is 4.74 Å². The van der Waals surface area contributed by atoms with Crippen LogP contribution >= 0.6 is 21.6 Å². The van der Waals surface area contributed by atoms with Gasteiger partial charge in [-0.1, -0.05) is 21.6 Å². The zero-order valence-corrected chi connectivity index (χ0v) is 17.6. The molecule has 1 aromatic carbocycles. The van der Waals surface area contributed by atoms with Gasteiger partial charge in [-0.2, -0.15) is 9.97 Å². The summed E-state index contributed by atoms with van der Waals surface area (Å²) >= 11 is 0. The number of aromatic nitrogens is 4. The molecule has 2 fully saturated rings. The summed E-state index contributed by atoms with van der Waals surface area (Å²) in [4.78, 5) is 19.1. The molecule has 29 heavy (non-hydrogen) atoms. The first-order valence-corrected chi connectivity index (χ1v) is 12.3. The average Bonchev–Trinajstić information content (AvgIpc) is 3.25. The van der Waals surface area contributed by atoms with Crippen LogP contribution in [-0.2, 0) is 4.74 Å². The third kappa shape index (κ3) is 4.39. The van der Waals surface area contributed by atoms with Crippen molar-refractivity contribution in [2.45, 2.75) is 12.5 Å². The Kier molecular flexibility index (Phi) is 5.64. The minimum absolute atomic E-state index is 0.400. The number of fused-ring (bicyclic) bond motifs is 1. The highest BCUT2D eigenvalue weighted by atomic mass is 33.1. The van der Waals surface area contributed by atoms with Gasteiger partial charge in [-0.05, 0) is 30.7 Å². The smallest absolute Gasteiger partial charge is 0.231 e. The van der Waals surface area contributed by atoms with Crippen LogP contribution in [-0.4, -0.2) is 63.8 Å². The van der Waals surface area contributed by atoms with Crippen LogP contribution in [0.3, 0.4) is 0 Å². The zero-order valence-electron chi connectivity index (χ0n) is 15.9. The number of H-pyrrole nitrogens is 1. The second kappa shape index (κ2) is 8.68. The highest BCUT2D eigenvalue weighted by Crippen LogP contribution is 2.31. The van der Waals surface area contributed by atoms with Crippen molar-refractivity contribution in [3.8, 4) is 0 Å². The Morgan fingerprint density at radius 1 is 1.10 bits per heavy atom. The molecular formula is C19H23N7OS2. The second-order valence-corrected chi connectivity index (χ2v) is 9.63. The highest BCUT2D eigenvalue weighted by molar-refractivity contribution is 8.76. The van der Waals surface area contributed by atoms with Gasteiger partial charge < -0.3 is 25.3 Å². The first-order chi connectivity index (χ1) is 14.3. The molecule has 0 saturated carbocycles. The van der Waals surface area contributed by atoms with Crippen molar-refractivity contribution >= 4 is 55.9 Å². The van der Waals surface area contributed by atoms with Gasteiger partial charge in [-0.25, -0.2) is 4.98 Å². The van der Waals surface area contributed by atoms with Gasteiger partial charge in [-0.15, -0.1) is 0 Å². The number of nitrogens with zero attached hydrogens (tertiary/aromatic N) is 4. The summed E-state index contributed by atoms with van der Waals surface area (Å²) in [7, 11) is 3.83. The van der Waals surface area contributed by atoms with Crippen LogP contribution in [0.4, 0.5) is 23.1 Å². The van der Waals surface area contributed by atoms with Crippen molar-refractivity contribution in [3.05, 3.63) is 30.6 Å². The van der Waals surface area contributed by atoms with E-state index in [0.29, 0.717) is 12.0 Å². The molecule has 2 aromatic heterocycles. The number of benzene rings is 1. The lowest BCUT2D eigenvalue weighted by Gasteiger charge is -2.28. The quantitative estimate of drug-likeness (QED) is 0.527. The molecule has 0 spiro atoms. The largest absolute Gasteiger partial charge is 0.378 e. The van der Waals surface area contributed by atoms with Crippen LogP contribution in [0.25, 0.3) is 11.2 Å². The van der Waals surface area contributed by atoms with Gasteiger partial charge >= 0.3 is 0 Å². The lowest BCUT2D eigenvalue weighted by molar-refractivity contribution is 0.122. The molecule has 0 amide bonds. The van der Waals surface area contributed by atoms with Gasteiger partial charge in [0.05, 0.1) is 19.5 Å². The van der Waals surface area contributed by atoms with Crippen LogP contribution in [0, 0.1) is 0 Å². The van der Waals surface area contributed by atoms with Crippen molar-refractivity contribution in [3.63, 3.8) is 0 Å². The van der Waals surface area contributed by atoms with Crippen LogP contribution in [0.2, 0.25) is 0 Å². The van der Waals surface area contributed by atoms with Crippen LogP contribution in [0.1, 0.15) is 6.42 Å². The number of hydrogen-bond donors (Lipinski definition) is 3. The van der Waals surface area contributed by atoms with Gasteiger partial charge in [0.1, 0.15) is 5.52 Å². The van der Waals surface area contributed by atoms with Crippen molar-refractivity contribution in [2.24, 2.45) is 0 Å². The Labute approximate surface area is 177 Å². The summed E-state index contributed by atoms with van der Waals surface area (Å²) in [6.45, 7) is 3.43. The van der Waals surface area contributed by atoms with E-state index in [1.54, 1.807) is 6.33 Å². The summed E-state index contributed by atoms with van der Waals surface area (Å²) in [6, 6.07) is 8.77. The van der Waals surface area contributed by atoms with Crippen molar-refractivity contribution in [2.75, 3.05) is 53.3 Å². The van der Waals surface area contributed by atoms with E-state index in [9.17, 15) is 0 Å². The van der Waals surface area contributed by atoms with Crippen LogP contribution in [0.15, 0.2) is 30.6 Å². The Morgan fingerprint density at radius 3 is 2.76 bits per heavy atom. The normalized spacial score (nSPS) is 20.0. The number of ether oxygens (including phenoxy) is 1. The highest BCUT2D eigenvalue weighted by Gasteiger charge is 2.18. The third-order valence-electron chi connectivity index (χ3n) is 5.02. The van der Waals surface area contributed by atoms with E-state index in [-0.39, 0.29) is 0 Å². The molecule has 0 radical (unpaired) electrons. The summed E-state index contributed by atoms with van der Waals surface area (Å²) < 4.78 is 5.43. The van der Waals surface area contributed by atoms with Crippen LogP contribution in [0.5, 0.6) is 0 Å². The molecule has 0 unspecified atom stereocenters. The summed E-state index contributed by atoms with van der Waals surface area (Å²) in [5.41, 5.74) is 3.67. The average molecular weight is 430 g/mol. The Bertz CT molecular complexity index is 953. The van der Waals surface area contributed by atoms with Gasteiger partial charge in [0.2, 0.25) is 5.95 Å². The lowest BCUT2D eigenvalue weighted by atomic mass is 10.2. The number of aromatic amines is 1. The Hall–Kier alpha value is -2.17. The lowest BCUT2D eigenvalue weighted by Crippen LogP contribution is -2.36. The molecule has 2 aliphatic rings. The van der Waals surface area contributed by atoms with Crippen molar-refractivity contribution in [1.82, 2.24) is 19.9 Å². The molecule has 2 saturated heterocycles. The van der Waals surface area contributed by atoms with E-state index in [4.69, 9.17) is 9.72 Å². The predicted octanol–water partition coefficient (Wildman–Crippen LogP) is 3.50. The Balaban J connectivity index is 1.34. The number of morpholine rings is 1. The first kappa shape index (κ1) is 18.8. The molecule has 10 heteroatoms. The van der Waals surface area contributed by atoms with E-state index in [1.807, 2.05) is 21.6 Å². The topological polar surface area (TPSA) is 91.0 Å². The van der Waals surface area contributed by atoms with Crippen molar-refractivity contribution in [1.29, 1.82) is 0 Å². The summed E-state index contributed by atoms with van der Waals surface area (Å²) in [5, 5.41) is 6.89. The minimum Gasteiger partial charge on any atom is -0.378 e. The molecule has 1 atom stereocenters. The molecule has 0 bridgehead atoms. The SMILES string of the molecule is c1nc2c(N[C@H]3CCSSC3)nc(Nc3ccc(N4CCOCC4)cc3)nc2[nH]1. The second-order valence-electron chi connectivity index (χ2n) is 7.00. The molecule has 5 rings (SSSR count). The zero-order chi connectivity index (χ0) is 19.5. The number of anilines is 4. The fourth-order valence-corrected chi connectivity index (χ4v) is 5.90. The standard InChI is InChI=1S/C19H23N7OS2/c1-3-15(26-6-8-27-9-7-26)4-2-13(1)23-19-24-17-16(20-12-21-17)18(25-19)22-14-5-10-28-29-11-14/h1-4,12,14H,5-11H2,(H3,20,21,22,23,24,25)/t14-/m0/s1. The number of nitrogens with one attached hydrogen (secondary N) is 3. The summed E-state index contributed by atoms with van der Waals surface area (Å²) in [5.74, 6) is 3.55. The van der Waals surface area contributed by atoms with Crippen LogP contribution < -0.4 is 15.5 Å². The predicted molar refractivity (Wildman–Crippen MR) is 121 cm³/mol. The molecule has 3 N–H and O–H groups in total. The van der Waals surface area contributed by atoms with Gasteiger partial charge in [0, 0.05) is 42.0 Å². The molecule has 8 nitrogen and oxygen atoms in total. The maximum atomic E-state index is 5.43. The van der Waals surface area contributed by atoms with E-state index in [2.05, 4.69) is 54.8 Å². The van der Waals surface area contributed by atoms with E-state index in [0.717, 1.165) is 66.9 Å². The molecule has 4 heterocycles. The van der Waals surface area contributed by atoms with Gasteiger partial charge in [0.15, 0.2) is 11.5 Å². The molecule has 3 aromatic rings. The number of rotatable bonds is 5. The monoisotopic (exact) mass is 429 g/mol. The van der Waals surface area contributed by atoms with E-state index in [1.165, 1.54) is 5.69 Å². The number of hydrogen-bond acceptors (Lipinski definition) is 9. The Morgan fingerprint density at radius 2 is 1.97 bits per heavy atom. The van der Waals surface area contributed by atoms with Gasteiger partial charge in [-0.3, -0.25) is 0 Å². The fourth-order valence-electron chi connectivity index (χ4n) is 3.47. The van der Waals surface area contributed by atoms with E-state index < -0.39 is 0 Å². The third-order valence-corrected chi connectivity index (χ3v) is 7.54. The molecule has 2 aliphatic heterocycles. The van der Waals surface area contributed by atoms with E-state index >= 15 is 0 Å². The first-order valence-electron chi connectivity index (χ1n) is 9.77. The fraction of sp³-hybridized carbons (Fsp3) is 0.421. The maximum absolute atomic E-state index is 5.43. The minimum atomic E-state index is 0.400. The summed E-state index contributed by atoms with van der Waals surface area (Å²) in [6.07, 6.45) is 2.79. The molecule has 0 aliphatic carbocycles. The molecule has 152 valence electrons. The maximum Gasteiger partial charge on any atom is 0.231 e. The number of imidazole rings is 1. The molecular weight excluding hydrogens is 406 g/mol. The van der Waals surface area contributed by atoms with Gasteiger partial charge in [0.25, 0.3) is 0 Å².